The quantitative estimate of drug-likeness (QED) is 0.477. The predicted molar refractivity (Wildman–Crippen MR) is 85.7 cm³/mol. The molecule has 0 aliphatic carbocycles. The van der Waals surface area contributed by atoms with E-state index in [2.05, 4.69) is 12.4 Å². The molecule has 2 unspecified atom stereocenters. The summed E-state index contributed by atoms with van der Waals surface area (Å²) in [5.41, 5.74) is 9.01. The van der Waals surface area contributed by atoms with Crippen molar-refractivity contribution in [3.8, 4) is 0 Å². The Kier molecular flexibility index (Phi) is 8.37. The first-order chi connectivity index (χ1) is 10.1. The summed E-state index contributed by atoms with van der Waals surface area (Å²) in [6.45, 7) is 3.87. The standard InChI is InChI=1S/C15H24N2O3S/c1-3-21-10-9-13(16)14(18)15(19)17-20-11(2)12-7-5-4-6-8-12/h4-8,11,13-14,18H,3,9-10,16H2,1-2H3,(H,17,19)/t11?,13-,14?/m1/s1. The maximum absolute atomic E-state index is 11.8. The van der Waals surface area contributed by atoms with Crippen molar-refractivity contribution in [3.05, 3.63) is 35.9 Å². The van der Waals surface area contributed by atoms with Crippen LogP contribution >= 0.6 is 11.8 Å². The number of thioether (sulfide) groups is 1. The van der Waals surface area contributed by atoms with E-state index in [1.54, 1.807) is 11.8 Å². The summed E-state index contributed by atoms with van der Waals surface area (Å²) in [6, 6.07) is 8.92. The van der Waals surface area contributed by atoms with E-state index in [0.29, 0.717) is 6.42 Å². The third-order valence-electron chi connectivity index (χ3n) is 3.08. The fourth-order valence-corrected chi connectivity index (χ4v) is 2.44. The fourth-order valence-electron chi connectivity index (χ4n) is 1.71. The molecule has 1 aromatic rings. The highest BCUT2D eigenvalue weighted by Gasteiger charge is 2.23. The van der Waals surface area contributed by atoms with Crippen LogP contribution in [0.25, 0.3) is 0 Å². The van der Waals surface area contributed by atoms with Gasteiger partial charge in [0, 0.05) is 6.04 Å². The summed E-state index contributed by atoms with van der Waals surface area (Å²) >= 11 is 1.73. The van der Waals surface area contributed by atoms with Gasteiger partial charge >= 0.3 is 0 Å². The topological polar surface area (TPSA) is 84.6 Å². The van der Waals surface area contributed by atoms with E-state index in [1.807, 2.05) is 37.3 Å². The SMILES string of the molecule is CCSCC[C@@H](N)C(O)C(=O)NOC(C)c1ccccc1. The van der Waals surface area contributed by atoms with Gasteiger partial charge in [0.2, 0.25) is 0 Å². The van der Waals surface area contributed by atoms with Crippen LogP contribution in [0, 0.1) is 0 Å². The average molecular weight is 312 g/mol. The summed E-state index contributed by atoms with van der Waals surface area (Å²) in [5, 5.41) is 9.84. The first-order valence-electron chi connectivity index (χ1n) is 7.08. The van der Waals surface area contributed by atoms with Crippen LogP contribution in [0.4, 0.5) is 0 Å². The van der Waals surface area contributed by atoms with Gasteiger partial charge in [-0.2, -0.15) is 11.8 Å². The lowest BCUT2D eigenvalue weighted by Crippen LogP contribution is -2.46. The molecule has 6 heteroatoms. The molecule has 1 amide bonds. The van der Waals surface area contributed by atoms with Gasteiger partial charge in [-0.3, -0.25) is 9.63 Å². The first kappa shape index (κ1) is 18.0. The minimum Gasteiger partial charge on any atom is -0.382 e. The van der Waals surface area contributed by atoms with Gasteiger partial charge in [0.1, 0.15) is 12.2 Å². The Morgan fingerprint density at radius 3 is 2.71 bits per heavy atom. The molecular weight excluding hydrogens is 288 g/mol. The third-order valence-corrected chi connectivity index (χ3v) is 4.01. The number of nitrogens with two attached hydrogens (primary N) is 1. The smallest absolute Gasteiger partial charge is 0.273 e. The Hall–Kier alpha value is -1.08. The van der Waals surface area contributed by atoms with Crippen LogP contribution in [-0.2, 0) is 9.63 Å². The van der Waals surface area contributed by atoms with Crippen molar-refractivity contribution in [2.45, 2.75) is 38.5 Å². The van der Waals surface area contributed by atoms with Gasteiger partial charge in [0.25, 0.3) is 5.91 Å². The van der Waals surface area contributed by atoms with Crippen molar-refractivity contribution in [2.75, 3.05) is 11.5 Å². The minimum absolute atomic E-state index is 0.297. The summed E-state index contributed by atoms with van der Waals surface area (Å²) in [6.07, 6.45) is -0.971. The van der Waals surface area contributed by atoms with Crippen LogP contribution in [0.15, 0.2) is 30.3 Å². The fraction of sp³-hybridized carbons (Fsp3) is 0.533. The lowest BCUT2D eigenvalue weighted by Gasteiger charge is -2.19. The van der Waals surface area contributed by atoms with E-state index in [9.17, 15) is 9.90 Å². The molecule has 0 aliphatic heterocycles. The zero-order chi connectivity index (χ0) is 15.7. The highest BCUT2D eigenvalue weighted by molar-refractivity contribution is 7.99. The maximum Gasteiger partial charge on any atom is 0.273 e. The van der Waals surface area contributed by atoms with Crippen molar-refractivity contribution < 1.29 is 14.7 Å². The van der Waals surface area contributed by atoms with Crippen molar-refractivity contribution in [1.29, 1.82) is 0 Å². The summed E-state index contributed by atoms with van der Waals surface area (Å²) in [4.78, 5) is 17.0. The summed E-state index contributed by atoms with van der Waals surface area (Å²) in [5.74, 6) is 1.21. The molecule has 21 heavy (non-hydrogen) atoms. The molecule has 0 spiro atoms. The molecule has 0 heterocycles. The van der Waals surface area contributed by atoms with Gasteiger partial charge in [-0.1, -0.05) is 37.3 Å². The van der Waals surface area contributed by atoms with Gasteiger partial charge in [-0.15, -0.1) is 0 Å². The highest BCUT2D eigenvalue weighted by atomic mass is 32.2. The number of hydroxylamine groups is 1. The summed E-state index contributed by atoms with van der Waals surface area (Å²) in [7, 11) is 0. The van der Waals surface area contributed by atoms with Crippen molar-refractivity contribution in [3.63, 3.8) is 0 Å². The molecule has 0 aliphatic rings. The maximum atomic E-state index is 11.8. The van der Waals surface area contributed by atoms with Gasteiger partial charge in [-0.05, 0) is 30.4 Å². The van der Waals surface area contributed by atoms with Crippen LogP contribution in [0.5, 0.6) is 0 Å². The van der Waals surface area contributed by atoms with E-state index in [4.69, 9.17) is 10.6 Å². The molecule has 118 valence electrons. The van der Waals surface area contributed by atoms with E-state index >= 15 is 0 Å². The molecule has 1 rings (SSSR count). The number of benzene rings is 1. The Morgan fingerprint density at radius 1 is 1.43 bits per heavy atom. The summed E-state index contributed by atoms with van der Waals surface area (Å²) < 4.78 is 0. The third kappa shape index (κ3) is 6.48. The highest BCUT2D eigenvalue weighted by Crippen LogP contribution is 2.14. The Bertz CT molecular complexity index is 417. The molecule has 5 nitrogen and oxygen atoms in total. The molecule has 0 saturated heterocycles. The zero-order valence-corrected chi connectivity index (χ0v) is 13.3. The van der Waals surface area contributed by atoms with Crippen LogP contribution in [0.1, 0.15) is 31.9 Å². The molecule has 4 N–H and O–H groups in total. The van der Waals surface area contributed by atoms with Crippen LogP contribution < -0.4 is 11.2 Å². The van der Waals surface area contributed by atoms with Crippen molar-refractivity contribution >= 4 is 17.7 Å². The number of carbonyl (C=O) groups excluding carboxylic acids is 1. The monoisotopic (exact) mass is 312 g/mol. The largest absolute Gasteiger partial charge is 0.382 e. The van der Waals surface area contributed by atoms with E-state index in [0.717, 1.165) is 17.1 Å². The first-order valence-corrected chi connectivity index (χ1v) is 8.23. The molecule has 0 bridgehead atoms. The number of aliphatic hydroxyl groups excluding tert-OH is 1. The molecule has 1 aromatic carbocycles. The number of nitrogens with one attached hydrogen (secondary N) is 1. The van der Waals surface area contributed by atoms with Crippen molar-refractivity contribution in [2.24, 2.45) is 5.73 Å². The normalized spacial score (nSPS) is 15.2. The molecule has 0 saturated carbocycles. The number of aliphatic hydroxyl groups is 1. The van der Waals surface area contributed by atoms with Gasteiger partial charge in [0.05, 0.1) is 0 Å². The number of hydrogen-bond acceptors (Lipinski definition) is 5. The second-order valence-electron chi connectivity index (χ2n) is 4.73. The molecule has 0 aromatic heterocycles. The molecule has 0 radical (unpaired) electrons. The minimum atomic E-state index is -1.26. The Balaban J connectivity index is 2.35. The second kappa shape index (κ2) is 9.78. The van der Waals surface area contributed by atoms with E-state index in [1.165, 1.54) is 0 Å². The molecule has 0 fully saturated rings. The molecular formula is C15H24N2O3S. The lowest BCUT2D eigenvalue weighted by atomic mass is 10.1. The van der Waals surface area contributed by atoms with E-state index in [-0.39, 0.29) is 6.10 Å². The lowest BCUT2D eigenvalue weighted by molar-refractivity contribution is -0.147. The van der Waals surface area contributed by atoms with Gasteiger partial charge in [0.15, 0.2) is 0 Å². The van der Waals surface area contributed by atoms with Gasteiger partial charge in [-0.25, -0.2) is 5.48 Å². The molecule has 3 atom stereocenters. The second-order valence-corrected chi connectivity index (χ2v) is 6.13. The predicted octanol–water partition coefficient (Wildman–Crippen LogP) is 1.63. The van der Waals surface area contributed by atoms with Crippen LogP contribution in [0.2, 0.25) is 0 Å². The number of amides is 1. The number of rotatable bonds is 9. The Labute approximate surface area is 130 Å². The van der Waals surface area contributed by atoms with Crippen LogP contribution in [0.3, 0.4) is 0 Å². The Morgan fingerprint density at radius 2 is 2.10 bits per heavy atom. The zero-order valence-electron chi connectivity index (χ0n) is 12.5. The number of carbonyl (C=O) groups is 1. The number of hydrogen-bond donors (Lipinski definition) is 3. The van der Waals surface area contributed by atoms with Crippen LogP contribution in [-0.4, -0.2) is 34.7 Å². The van der Waals surface area contributed by atoms with Crippen molar-refractivity contribution in [1.82, 2.24) is 5.48 Å². The van der Waals surface area contributed by atoms with E-state index < -0.39 is 18.1 Å². The van der Waals surface area contributed by atoms with Gasteiger partial charge < -0.3 is 10.8 Å². The average Bonchev–Trinajstić information content (AvgIpc) is 2.52.